The zero-order valence-corrected chi connectivity index (χ0v) is 22.1. The minimum Gasteiger partial charge on any atom is -0.387 e. The number of imidazole rings is 2. The lowest BCUT2D eigenvalue weighted by Gasteiger charge is -2.30. The molecule has 4 heterocycles. The van der Waals surface area contributed by atoms with Crippen LogP contribution in [0.2, 0.25) is 10.0 Å². The Morgan fingerprint density at radius 2 is 1.95 bits per heavy atom. The van der Waals surface area contributed by atoms with Crippen LogP contribution in [0.5, 0.6) is 0 Å². The average molecular weight is 549 g/mol. The zero-order chi connectivity index (χ0) is 26.3. The van der Waals surface area contributed by atoms with E-state index in [0.29, 0.717) is 27.8 Å². The van der Waals surface area contributed by atoms with E-state index in [9.17, 15) is 10.2 Å². The van der Waals surface area contributed by atoms with Gasteiger partial charge in [0.25, 0.3) is 0 Å². The Morgan fingerprint density at radius 1 is 1.14 bits per heavy atom. The van der Waals surface area contributed by atoms with Gasteiger partial charge in [-0.2, -0.15) is 0 Å². The van der Waals surface area contributed by atoms with Crippen molar-refractivity contribution in [1.82, 2.24) is 34.4 Å². The summed E-state index contributed by atoms with van der Waals surface area (Å²) in [4.78, 5) is 22.5. The van der Waals surface area contributed by atoms with Gasteiger partial charge in [0, 0.05) is 24.0 Å². The van der Waals surface area contributed by atoms with Crippen LogP contribution in [0, 0.1) is 0 Å². The summed E-state index contributed by atoms with van der Waals surface area (Å²) in [6.07, 6.45) is 1.82. The van der Waals surface area contributed by atoms with Crippen LogP contribution in [0.3, 0.4) is 0 Å². The second kappa shape index (κ2) is 10.7. The molecule has 4 unspecified atom stereocenters. The number of aliphatic hydroxyl groups is 2. The lowest BCUT2D eigenvalue weighted by molar-refractivity contribution is -0.0469. The molecular weight excluding hydrogens is 519 g/mol. The topological polar surface area (TPSA) is 151 Å². The van der Waals surface area contributed by atoms with E-state index in [1.54, 1.807) is 10.6 Å². The number of ether oxygens (including phenoxy) is 1. The molecule has 5 rings (SSSR count). The zero-order valence-electron chi connectivity index (χ0n) is 20.6. The third kappa shape index (κ3) is 5.25. The Hall–Kier alpha value is -2.54. The molecule has 1 aromatic carbocycles. The summed E-state index contributed by atoms with van der Waals surface area (Å²) < 4.78 is 7.72. The van der Waals surface area contributed by atoms with Gasteiger partial charge in [0.1, 0.15) is 41.5 Å². The van der Waals surface area contributed by atoms with E-state index in [2.05, 4.69) is 43.7 Å². The minimum absolute atomic E-state index is 0.223. The number of aromatic nitrogens is 6. The molecule has 1 aliphatic heterocycles. The van der Waals surface area contributed by atoms with Crippen molar-refractivity contribution < 1.29 is 14.9 Å². The third-order valence-electron chi connectivity index (χ3n) is 6.81. The predicted octanol–water partition coefficient (Wildman–Crippen LogP) is 2.94. The predicted molar refractivity (Wildman–Crippen MR) is 141 cm³/mol. The molecule has 11 nitrogen and oxygen atoms in total. The molecular formula is C24H30Cl2N8O3. The molecule has 1 saturated heterocycles. The van der Waals surface area contributed by atoms with E-state index in [0.717, 1.165) is 42.7 Å². The van der Waals surface area contributed by atoms with Gasteiger partial charge in [-0.3, -0.25) is 9.47 Å². The number of aliphatic hydroxyl groups excluding tert-OH is 2. The number of nitrogens with zero attached hydrogens (tertiary/aromatic N) is 6. The van der Waals surface area contributed by atoms with Crippen molar-refractivity contribution in [3.05, 3.63) is 40.7 Å². The molecule has 0 spiro atoms. The van der Waals surface area contributed by atoms with Gasteiger partial charge in [-0.05, 0) is 45.4 Å². The monoisotopic (exact) mass is 548 g/mol. The van der Waals surface area contributed by atoms with Gasteiger partial charge in [-0.15, -0.1) is 0 Å². The molecule has 0 bridgehead atoms. The molecule has 3 aromatic heterocycles. The second-order valence-electron chi connectivity index (χ2n) is 9.64. The number of nitrogens with one attached hydrogen (secondary N) is 1. The Balaban J connectivity index is 1.19. The first-order valence-corrected chi connectivity index (χ1v) is 13.0. The van der Waals surface area contributed by atoms with Gasteiger partial charge in [0.15, 0.2) is 17.7 Å². The number of nitrogens with two attached hydrogens (primary N) is 1. The summed E-state index contributed by atoms with van der Waals surface area (Å²) >= 11 is 12.3. The molecule has 4 atom stereocenters. The van der Waals surface area contributed by atoms with E-state index in [1.807, 2.05) is 6.07 Å². The fourth-order valence-corrected chi connectivity index (χ4v) is 5.31. The highest BCUT2D eigenvalue weighted by molar-refractivity contribution is 6.38. The van der Waals surface area contributed by atoms with Gasteiger partial charge < -0.3 is 25.7 Å². The number of fused-ring (bicyclic) bond motifs is 2. The van der Waals surface area contributed by atoms with Gasteiger partial charge >= 0.3 is 0 Å². The first-order chi connectivity index (χ1) is 17.7. The summed E-state index contributed by atoms with van der Waals surface area (Å²) in [5.74, 6) is 1.11. The van der Waals surface area contributed by atoms with Crippen LogP contribution < -0.4 is 5.73 Å². The number of unbranched alkanes of at least 4 members (excludes halogenated alkanes) is 1. The Kier molecular flexibility index (Phi) is 7.53. The quantitative estimate of drug-likeness (QED) is 0.231. The number of anilines is 1. The fourth-order valence-electron chi connectivity index (χ4n) is 4.78. The van der Waals surface area contributed by atoms with Crippen molar-refractivity contribution in [3.63, 3.8) is 0 Å². The van der Waals surface area contributed by atoms with Gasteiger partial charge in [0.2, 0.25) is 0 Å². The van der Waals surface area contributed by atoms with Crippen LogP contribution >= 0.6 is 23.2 Å². The summed E-state index contributed by atoms with van der Waals surface area (Å²) in [5.41, 5.74) is 8.31. The highest BCUT2D eigenvalue weighted by Crippen LogP contribution is 2.33. The largest absolute Gasteiger partial charge is 0.387 e. The Bertz CT molecular complexity index is 1390. The maximum absolute atomic E-state index is 10.8. The summed E-state index contributed by atoms with van der Waals surface area (Å²) in [6.45, 7) is 5.47. The van der Waals surface area contributed by atoms with E-state index in [-0.39, 0.29) is 11.9 Å². The second-order valence-corrected chi connectivity index (χ2v) is 10.5. The molecule has 0 saturated carbocycles. The number of aromatic amines is 1. The molecule has 37 heavy (non-hydrogen) atoms. The lowest BCUT2D eigenvalue weighted by atomic mass is 10.1. The molecule has 1 aliphatic rings. The molecule has 1 fully saturated rings. The number of halogens is 2. The van der Waals surface area contributed by atoms with Gasteiger partial charge in [0.05, 0.1) is 16.9 Å². The van der Waals surface area contributed by atoms with Gasteiger partial charge in [-0.25, -0.2) is 19.9 Å². The van der Waals surface area contributed by atoms with Crippen LogP contribution in [0.1, 0.15) is 38.7 Å². The summed E-state index contributed by atoms with van der Waals surface area (Å²) in [5, 5.41) is 22.7. The Labute approximate surface area is 223 Å². The molecule has 0 amide bonds. The lowest BCUT2D eigenvalue weighted by Crippen LogP contribution is -2.43. The van der Waals surface area contributed by atoms with Crippen molar-refractivity contribution in [2.24, 2.45) is 0 Å². The van der Waals surface area contributed by atoms with Crippen LogP contribution in [-0.4, -0.2) is 82.0 Å². The average Bonchev–Trinajstić information content (AvgIpc) is 3.53. The van der Waals surface area contributed by atoms with E-state index in [1.165, 1.54) is 12.7 Å². The summed E-state index contributed by atoms with van der Waals surface area (Å²) in [7, 11) is 0. The fraction of sp³-hybridized carbons (Fsp3) is 0.500. The number of benzene rings is 1. The highest BCUT2D eigenvalue weighted by Gasteiger charge is 2.45. The van der Waals surface area contributed by atoms with E-state index in [4.69, 9.17) is 33.7 Å². The van der Waals surface area contributed by atoms with Crippen molar-refractivity contribution >= 4 is 51.2 Å². The SMILES string of the molecule is CC(C)N(CCCCc1nc2c(Cl)cc(Cl)cc2[nH]1)CC1OC(n2cnc3c(N)ncnc32)C(O)C1O. The first kappa shape index (κ1) is 26.1. The van der Waals surface area contributed by atoms with Crippen LogP contribution in [0.15, 0.2) is 24.8 Å². The minimum atomic E-state index is -1.14. The van der Waals surface area contributed by atoms with E-state index < -0.39 is 24.5 Å². The molecule has 5 N–H and O–H groups in total. The van der Waals surface area contributed by atoms with Crippen molar-refractivity contribution in [2.45, 2.75) is 63.7 Å². The molecule has 0 radical (unpaired) electrons. The van der Waals surface area contributed by atoms with Gasteiger partial charge in [-0.1, -0.05) is 23.2 Å². The number of hydrogen-bond acceptors (Lipinski definition) is 9. The number of aryl methyl sites for hydroxylation is 1. The number of H-pyrrole nitrogens is 1. The number of nitrogen functional groups attached to an aromatic ring is 1. The van der Waals surface area contributed by atoms with Crippen LogP contribution in [-0.2, 0) is 11.2 Å². The molecule has 4 aromatic rings. The highest BCUT2D eigenvalue weighted by atomic mass is 35.5. The summed E-state index contributed by atoms with van der Waals surface area (Å²) in [6, 6.07) is 3.74. The Morgan fingerprint density at radius 3 is 2.73 bits per heavy atom. The molecule has 0 aliphatic carbocycles. The number of rotatable bonds is 9. The molecule has 13 heteroatoms. The van der Waals surface area contributed by atoms with Crippen LogP contribution in [0.4, 0.5) is 5.82 Å². The molecule has 198 valence electrons. The normalized spacial score (nSPS) is 22.3. The van der Waals surface area contributed by atoms with E-state index >= 15 is 0 Å². The number of hydrogen-bond donors (Lipinski definition) is 4. The maximum Gasteiger partial charge on any atom is 0.167 e. The standard InChI is InChI=1S/C24H30Cl2N8O3/c1-12(2)33(6-4-3-5-17-31-15-8-13(25)7-14(26)18(15)32-17)9-16-20(35)21(36)24(37-16)34-11-30-19-22(27)28-10-29-23(19)34/h7-8,10-12,16,20-21,24,35-36H,3-6,9H2,1-2H3,(H,31,32)(H2,27,28,29). The third-order valence-corrected chi connectivity index (χ3v) is 7.31. The first-order valence-electron chi connectivity index (χ1n) is 12.2. The van der Waals surface area contributed by atoms with Crippen molar-refractivity contribution in [1.29, 1.82) is 0 Å². The van der Waals surface area contributed by atoms with Crippen LogP contribution in [0.25, 0.3) is 22.2 Å². The van der Waals surface area contributed by atoms with Crippen molar-refractivity contribution in [2.75, 3.05) is 18.8 Å². The van der Waals surface area contributed by atoms with Crippen molar-refractivity contribution in [3.8, 4) is 0 Å². The maximum atomic E-state index is 10.8. The smallest absolute Gasteiger partial charge is 0.167 e.